The third-order valence-corrected chi connectivity index (χ3v) is 6.58. The second kappa shape index (κ2) is 9.66. The number of likely N-dealkylation sites (tertiary alicyclic amines) is 1. The number of rotatable bonds is 8. The van der Waals surface area contributed by atoms with E-state index in [0.717, 1.165) is 54.3 Å². The number of carbonyl (C=O) groups excluding carboxylic acids is 2. The van der Waals surface area contributed by atoms with Crippen molar-refractivity contribution in [3.05, 3.63) is 40.4 Å². The number of hydrogen-bond acceptors (Lipinski definition) is 7. The van der Waals surface area contributed by atoms with Gasteiger partial charge in [-0.25, -0.2) is 9.78 Å². The van der Waals surface area contributed by atoms with Gasteiger partial charge in [-0.3, -0.25) is 9.59 Å². The second-order valence-electron chi connectivity index (χ2n) is 8.07. The number of carbonyl (C=O) groups is 3. The minimum Gasteiger partial charge on any atom is -0.496 e. The predicted molar refractivity (Wildman–Crippen MR) is 117 cm³/mol. The maximum atomic E-state index is 12.5. The SMILES string of the molecule is COc1ccc([C@@H]2CC(=O)N(CC(=O)Nc3nc(C(=O)O)cs3)C2)cc1C[C@@H]1CCOC1. The highest BCUT2D eigenvalue weighted by Gasteiger charge is 2.32. The Morgan fingerprint density at radius 2 is 2.25 bits per heavy atom. The molecule has 2 saturated heterocycles. The Morgan fingerprint density at radius 3 is 2.94 bits per heavy atom. The van der Waals surface area contributed by atoms with E-state index in [-0.39, 0.29) is 29.2 Å². The molecular formula is C22H25N3O6S. The van der Waals surface area contributed by atoms with Crippen LogP contribution >= 0.6 is 11.3 Å². The third-order valence-electron chi connectivity index (χ3n) is 5.83. The van der Waals surface area contributed by atoms with Crippen LogP contribution < -0.4 is 10.1 Å². The molecule has 2 aliphatic heterocycles. The quantitative estimate of drug-likeness (QED) is 0.622. The topological polar surface area (TPSA) is 118 Å². The fourth-order valence-electron chi connectivity index (χ4n) is 4.18. The fraction of sp³-hybridized carbons (Fsp3) is 0.455. The zero-order valence-corrected chi connectivity index (χ0v) is 18.5. The van der Waals surface area contributed by atoms with Gasteiger partial charge in [0.1, 0.15) is 5.75 Å². The van der Waals surface area contributed by atoms with E-state index in [4.69, 9.17) is 14.6 Å². The van der Waals surface area contributed by atoms with Crippen LogP contribution in [0.15, 0.2) is 23.6 Å². The summed E-state index contributed by atoms with van der Waals surface area (Å²) in [6.07, 6.45) is 2.24. The van der Waals surface area contributed by atoms with Crippen LogP contribution in [0.2, 0.25) is 0 Å². The van der Waals surface area contributed by atoms with Crippen LogP contribution in [0.3, 0.4) is 0 Å². The predicted octanol–water partition coefficient (Wildman–Crippen LogP) is 2.38. The Labute approximate surface area is 189 Å². The normalized spacial score (nSPS) is 20.5. The maximum absolute atomic E-state index is 12.5. The van der Waals surface area contributed by atoms with Crippen LogP contribution in [0.1, 0.15) is 40.4 Å². The van der Waals surface area contributed by atoms with Crippen molar-refractivity contribution in [2.75, 3.05) is 38.7 Å². The minimum absolute atomic E-state index is 0.00161. The summed E-state index contributed by atoms with van der Waals surface area (Å²) in [7, 11) is 1.66. The Kier molecular flexibility index (Phi) is 6.71. The van der Waals surface area contributed by atoms with E-state index in [1.807, 2.05) is 12.1 Å². The lowest BCUT2D eigenvalue weighted by Crippen LogP contribution is -2.34. The van der Waals surface area contributed by atoms with Crippen LogP contribution in [0.4, 0.5) is 5.13 Å². The van der Waals surface area contributed by atoms with Crippen molar-refractivity contribution in [3.8, 4) is 5.75 Å². The van der Waals surface area contributed by atoms with Crippen molar-refractivity contribution in [1.29, 1.82) is 0 Å². The average Bonchev–Trinajstić information content (AvgIpc) is 3.51. The van der Waals surface area contributed by atoms with Gasteiger partial charge in [-0.1, -0.05) is 12.1 Å². The molecule has 0 unspecified atom stereocenters. The first-order valence-electron chi connectivity index (χ1n) is 10.4. The molecule has 0 saturated carbocycles. The first-order chi connectivity index (χ1) is 15.4. The number of benzene rings is 1. The van der Waals surface area contributed by atoms with Crippen LogP contribution in [0.5, 0.6) is 5.75 Å². The van der Waals surface area contributed by atoms with Gasteiger partial charge >= 0.3 is 5.97 Å². The molecule has 2 atom stereocenters. The summed E-state index contributed by atoms with van der Waals surface area (Å²) in [6, 6.07) is 6.04. The highest BCUT2D eigenvalue weighted by Crippen LogP contribution is 2.33. The van der Waals surface area contributed by atoms with Gasteiger partial charge in [0.05, 0.1) is 13.7 Å². The third kappa shape index (κ3) is 5.08. The highest BCUT2D eigenvalue weighted by molar-refractivity contribution is 7.14. The Hall–Kier alpha value is -2.98. The zero-order valence-electron chi connectivity index (χ0n) is 17.7. The van der Waals surface area contributed by atoms with Crippen LogP contribution in [-0.2, 0) is 20.7 Å². The number of methoxy groups -OCH3 is 1. The molecule has 9 nitrogen and oxygen atoms in total. The van der Waals surface area contributed by atoms with Crippen LogP contribution in [0, 0.1) is 5.92 Å². The number of nitrogens with one attached hydrogen (secondary N) is 1. The zero-order chi connectivity index (χ0) is 22.7. The monoisotopic (exact) mass is 459 g/mol. The summed E-state index contributed by atoms with van der Waals surface area (Å²) in [5, 5.41) is 13.1. The molecule has 1 aromatic carbocycles. The minimum atomic E-state index is -1.15. The highest BCUT2D eigenvalue weighted by atomic mass is 32.1. The molecule has 32 heavy (non-hydrogen) atoms. The van der Waals surface area contributed by atoms with Crippen molar-refractivity contribution in [3.63, 3.8) is 0 Å². The first kappa shape index (κ1) is 22.2. The van der Waals surface area contributed by atoms with E-state index >= 15 is 0 Å². The molecule has 2 amide bonds. The van der Waals surface area contributed by atoms with Gasteiger partial charge in [0, 0.05) is 37.5 Å². The van der Waals surface area contributed by atoms with E-state index in [1.54, 1.807) is 7.11 Å². The number of thiazole rings is 1. The molecule has 2 aliphatic rings. The average molecular weight is 460 g/mol. The van der Waals surface area contributed by atoms with E-state index in [0.29, 0.717) is 18.9 Å². The van der Waals surface area contributed by atoms with Gasteiger partial charge in [0.15, 0.2) is 10.8 Å². The van der Waals surface area contributed by atoms with Crippen molar-refractivity contribution < 1.29 is 29.0 Å². The number of hydrogen-bond donors (Lipinski definition) is 2. The maximum Gasteiger partial charge on any atom is 0.355 e. The molecule has 0 spiro atoms. The van der Waals surface area contributed by atoms with Crippen molar-refractivity contribution in [2.45, 2.75) is 25.2 Å². The van der Waals surface area contributed by atoms with Gasteiger partial charge in [0.2, 0.25) is 11.8 Å². The summed E-state index contributed by atoms with van der Waals surface area (Å²) >= 11 is 1.03. The summed E-state index contributed by atoms with van der Waals surface area (Å²) in [4.78, 5) is 41.2. The second-order valence-corrected chi connectivity index (χ2v) is 8.93. The standard InChI is InChI=1S/C22H25N3O6S/c1-30-18-3-2-14(7-15(18)6-13-4-5-31-11-13)16-8-20(27)25(9-16)10-19(26)24-22-23-17(12-32-22)21(28)29/h2-3,7,12-13,16H,4-6,8-11H2,1H3,(H,28,29)(H,23,24,26)/t13-,16+/m0/s1. The van der Waals surface area contributed by atoms with Crippen molar-refractivity contribution >= 4 is 34.3 Å². The molecular weight excluding hydrogens is 434 g/mol. The smallest absolute Gasteiger partial charge is 0.355 e. The molecule has 0 bridgehead atoms. The largest absolute Gasteiger partial charge is 0.496 e. The van der Waals surface area contributed by atoms with Gasteiger partial charge < -0.3 is 24.8 Å². The Balaban J connectivity index is 1.39. The number of amides is 2. The number of ether oxygens (including phenoxy) is 2. The Morgan fingerprint density at radius 1 is 1.41 bits per heavy atom. The van der Waals surface area contributed by atoms with Crippen molar-refractivity contribution in [1.82, 2.24) is 9.88 Å². The molecule has 0 radical (unpaired) electrons. The number of carboxylic acid groups (broad SMARTS) is 1. The van der Waals surface area contributed by atoms with E-state index in [9.17, 15) is 14.4 Å². The number of aromatic nitrogens is 1. The molecule has 170 valence electrons. The van der Waals surface area contributed by atoms with Gasteiger partial charge in [0.25, 0.3) is 0 Å². The lowest BCUT2D eigenvalue weighted by molar-refractivity contribution is -0.131. The molecule has 2 aromatic rings. The van der Waals surface area contributed by atoms with E-state index in [1.165, 1.54) is 10.3 Å². The molecule has 2 fully saturated rings. The van der Waals surface area contributed by atoms with Gasteiger partial charge in [-0.2, -0.15) is 0 Å². The van der Waals surface area contributed by atoms with Gasteiger partial charge in [-0.15, -0.1) is 11.3 Å². The summed E-state index contributed by atoms with van der Waals surface area (Å²) < 4.78 is 11.0. The molecule has 1 aromatic heterocycles. The Bertz CT molecular complexity index is 1020. The van der Waals surface area contributed by atoms with E-state index in [2.05, 4.69) is 16.4 Å². The molecule has 0 aliphatic carbocycles. The number of carboxylic acids is 1. The fourth-order valence-corrected chi connectivity index (χ4v) is 4.88. The first-order valence-corrected chi connectivity index (χ1v) is 11.3. The number of nitrogens with zero attached hydrogens (tertiary/aromatic N) is 2. The molecule has 4 rings (SSSR count). The lowest BCUT2D eigenvalue weighted by Gasteiger charge is -2.18. The van der Waals surface area contributed by atoms with E-state index < -0.39 is 11.9 Å². The summed E-state index contributed by atoms with van der Waals surface area (Å²) in [6.45, 7) is 1.90. The number of aromatic carboxylic acids is 1. The van der Waals surface area contributed by atoms with Gasteiger partial charge in [-0.05, 0) is 36.0 Å². The summed E-state index contributed by atoms with van der Waals surface area (Å²) in [5.74, 6) is -0.335. The molecule has 3 heterocycles. The van der Waals surface area contributed by atoms with Crippen molar-refractivity contribution in [2.24, 2.45) is 5.92 Å². The molecule has 2 N–H and O–H groups in total. The lowest BCUT2D eigenvalue weighted by atomic mass is 9.92. The molecule has 10 heteroatoms. The van der Waals surface area contributed by atoms with Crippen LogP contribution in [-0.4, -0.2) is 66.2 Å². The summed E-state index contributed by atoms with van der Waals surface area (Å²) in [5.41, 5.74) is 2.05. The number of anilines is 1. The van der Waals surface area contributed by atoms with Crippen LogP contribution in [0.25, 0.3) is 0 Å².